The number of hydrogen-bond acceptors (Lipinski definition) is 5. The van der Waals surface area contributed by atoms with Crippen LogP contribution in [0.25, 0.3) is 0 Å². The van der Waals surface area contributed by atoms with Crippen LogP contribution in [0.4, 0.5) is 0 Å². The van der Waals surface area contributed by atoms with Crippen molar-refractivity contribution >= 4 is 21.5 Å². The van der Waals surface area contributed by atoms with Gasteiger partial charge in [-0.1, -0.05) is 0 Å². The van der Waals surface area contributed by atoms with Crippen LogP contribution in [0, 0.1) is 13.8 Å². The standard InChI is InChI=1S/C7H11NO3S2/c1-5-7(12-6(2)8-5)4-11-13(3,9)10/h4H2,1-3H3. The van der Waals surface area contributed by atoms with Gasteiger partial charge in [-0.2, -0.15) is 8.42 Å². The van der Waals surface area contributed by atoms with Gasteiger partial charge in [0.15, 0.2) is 0 Å². The molecule has 13 heavy (non-hydrogen) atoms. The monoisotopic (exact) mass is 221 g/mol. The molecule has 74 valence electrons. The molecular formula is C7H11NO3S2. The van der Waals surface area contributed by atoms with Crippen molar-refractivity contribution in [3.63, 3.8) is 0 Å². The number of nitrogens with zero attached hydrogens (tertiary/aromatic N) is 1. The van der Waals surface area contributed by atoms with E-state index in [1.807, 2.05) is 13.8 Å². The fourth-order valence-corrected chi connectivity index (χ4v) is 2.12. The summed E-state index contributed by atoms with van der Waals surface area (Å²) in [6, 6.07) is 0. The topological polar surface area (TPSA) is 56.3 Å². The van der Waals surface area contributed by atoms with Crippen molar-refractivity contribution in [2.45, 2.75) is 20.5 Å². The molecule has 4 nitrogen and oxygen atoms in total. The van der Waals surface area contributed by atoms with Gasteiger partial charge >= 0.3 is 0 Å². The summed E-state index contributed by atoms with van der Waals surface area (Å²) in [5, 5.41) is 0.921. The van der Waals surface area contributed by atoms with E-state index < -0.39 is 10.1 Å². The second-order valence-electron chi connectivity index (χ2n) is 2.71. The number of aryl methyl sites for hydroxylation is 2. The zero-order chi connectivity index (χ0) is 10.1. The molecule has 0 aromatic carbocycles. The van der Waals surface area contributed by atoms with Gasteiger partial charge in [0.05, 0.1) is 21.8 Å². The molecule has 0 spiro atoms. The Morgan fingerprint density at radius 2 is 2.08 bits per heavy atom. The molecule has 0 radical (unpaired) electrons. The van der Waals surface area contributed by atoms with Gasteiger partial charge in [-0.05, 0) is 13.8 Å². The Balaban J connectivity index is 2.70. The largest absolute Gasteiger partial charge is 0.265 e. The maximum atomic E-state index is 10.7. The average molecular weight is 221 g/mol. The maximum absolute atomic E-state index is 10.7. The molecule has 1 heterocycles. The summed E-state index contributed by atoms with van der Waals surface area (Å²) >= 11 is 1.45. The van der Waals surface area contributed by atoms with Crippen LogP contribution in [0.3, 0.4) is 0 Å². The zero-order valence-electron chi connectivity index (χ0n) is 7.70. The lowest BCUT2D eigenvalue weighted by Gasteiger charge is -1.98. The molecule has 0 aliphatic rings. The maximum Gasteiger partial charge on any atom is 0.264 e. The van der Waals surface area contributed by atoms with Crippen molar-refractivity contribution in [1.29, 1.82) is 0 Å². The molecule has 0 aliphatic heterocycles. The van der Waals surface area contributed by atoms with Crippen molar-refractivity contribution in [3.8, 4) is 0 Å². The van der Waals surface area contributed by atoms with Crippen LogP contribution < -0.4 is 0 Å². The number of hydrogen-bond donors (Lipinski definition) is 0. The molecule has 6 heteroatoms. The lowest BCUT2D eigenvalue weighted by molar-refractivity contribution is 0.314. The van der Waals surface area contributed by atoms with Crippen LogP contribution in [-0.2, 0) is 20.9 Å². The van der Waals surface area contributed by atoms with Gasteiger partial charge in [0.1, 0.15) is 6.61 Å². The van der Waals surface area contributed by atoms with Gasteiger partial charge in [0.25, 0.3) is 10.1 Å². The van der Waals surface area contributed by atoms with Gasteiger partial charge < -0.3 is 0 Å². The van der Waals surface area contributed by atoms with Crippen LogP contribution in [0.2, 0.25) is 0 Å². The highest BCUT2D eigenvalue weighted by Crippen LogP contribution is 2.18. The van der Waals surface area contributed by atoms with Crippen molar-refractivity contribution in [2.24, 2.45) is 0 Å². The van der Waals surface area contributed by atoms with E-state index in [0.717, 1.165) is 21.8 Å². The Labute approximate surface area is 81.7 Å². The first-order chi connectivity index (χ1) is 5.88. The number of rotatable bonds is 3. The fourth-order valence-electron chi connectivity index (χ4n) is 0.868. The SMILES string of the molecule is Cc1nc(C)c(COS(C)(=O)=O)s1. The first-order valence-corrected chi connectivity index (χ1v) is 6.29. The first-order valence-electron chi connectivity index (χ1n) is 3.66. The Morgan fingerprint density at radius 1 is 1.46 bits per heavy atom. The van der Waals surface area contributed by atoms with E-state index in [1.165, 1.54) is 11.3 Å². The lowest BCUT2D eigenvalue weighted by atomic mass is 10.4. The average Bonchev–Trinajstić information content (AvgIpc) is 2.24. The molecule has 1 aromatic heterocycles. The Bertz CT molecular complexity index is 394. The van der Waals surface area contributed by atoms with E-state index >= 15 is 0 Å². The van der Waals surface area contributed by atoms with Gasteiger partial charge in [-0.15, -0.1) is 11.3 Å². The first kappa shape index (κ1) is 10.6. The summed E-state index contributed by atoms with van der Waals surface area (Å²) in [4.78, 5) is 5.02. The smallest absolute Gasteiger partial charge is 0.264 e. The molecule has 1 rings (SSSR count). The molecule has 0 atom stereocenters. The quantitative estimate of drug-likeness (QED) is 0.720. The van der Waals surface area contributed by atoms with Crippen molar-refractivity contribution < 1.29 is 12.6 Å². The van der Waals surface area contributed by atoms with Crippen LogP contribution in [0.5, 0.6) is 0 Å². The van der Waals surface area contributed by atoms with Crippen LogP contribution in [0.1, 0.15) is 15.6 Å². The Morgan fingerprint density at radius 3 is 2.46 bits per heavy atom. The Kier molecular flexibility index (Phi) is 3.05. The third-order valence-corrected chi connectivity index (χ3v) is 3.00. The molecule has 0 bridgehead atoms. The molecule has 0 N–H and O–H groups in total. The van der Waals surface area contributed by atoms with E-state index in [1.54, 1.807) is 0 Å². The molecule has 1 aromatic rings. The van der Waals surface area contributed by atoms with Crippen molar-refractivity contribution in [2.75, 3.05) is 6.26 Å². The van der Waals surface area contributed by atoms with Gasteiger partial charge in [0, 0.05) is 0 Å². The van der Waals surface area contributed by atoms with Crippen LogP contribution >= 0.6 is 11.3 Å². The summed E-state index contributed by atoms with van der Waals surface area (Å²) in [7, 11) is -3.35. The third-order valence-electron chi connectivity index (χ3n) is 1.40. The second-order valence-corrected chi connectivity index (χ2v) is 5.64. The lowest BCUT2D eigenvalue weighted by Crippen LogP contribution is -2.02. The molecule has 0 aliphatic carbocycles. The van der Waals surface area contributed by atoms with E-state index in [-0.39, 0.29) is 6.61 Å². The van der Waals surface area contributed by atoms with Crippen LogP contribution in [-0.4, -0.2) is 19.7 Å². The molecular weight excluding hydrogens is 210 g/mol. The molecule has 0 unspecified atom stereocenters. The van der Waals surface area contributed by atoms with Crippen molar-refractivity contribution in [1.82, 2.24) is 4.98 Å². The van der Waals surface area contributed by atoms with E-state index in [4.69, 9.17) is 0 Å². The molecule has 0 saturated heterocycles. The van der Waals surface area contributed by atoms with Crippen LogP contribution in [0.15, 0.2) is 0 Å². The van der Waals surface area contributed by atoms with Gasteiger partial charge in [0.2, 0.25) is 0 Å². The highest BCUT2D eigenvalue weighted by molar-refractivity contribution is 7.85. The summed E-state index contributed by atoms with van der Waals surface area (Å²) < 4.78 is 26.0. The zero-order valence-corrected chi connectivity index (χ0v) is 9.33. The number of aromatic nitrogens is 1. The van der Waals surface area contributed by atoms with E-state index in [0.29, 0.717) is 0 Å². The summed E-state index contributed by atoms with van der Waals surface area (Å²) in [6.45, 7) is 3.81. The minimum Gasteiger partial charge on any atom is -0.265 e. The summed E-state index contributed by atoms with van der Waals surface area (Å²) in [5.41, 5.74) is 0.839. The van der Waals surface area contributed by atoms with Gasteiger partial charge in [-0.3, -0.25) is 4.18 Å². The molecule has 0 fully saturated rings. The minimum absolute atomic E-state index is 0.0934. The predicted octanol–water partition coefficient (Wildman–Crippen LogP) is 1.24. The van der Waals surface area contributed by atoms with E-state index in [9.17, 15) is 8.42 Å². The third kappa shape index (κ3) is 3.41. The molecule has 0 amide bonds. The fraction of sp³-hybridized carbons (Fsp3) is 0.571. The van der Waals surface area contributed by atoms with Crippen molar-refractivity contribution in [3.05, 3.63) is 15.6 Å². The molecule has 0 saturated carbocycles. The normalized spacial score (nSPS) is 11.9. The summed E-state index contributed by atoms with van der Waals surface area (Å²) in [5.74, 6) is 0. The van der Waals surface area contributed by atoms with E-state index in [2.05, 4.69) is 9.17 Å². The predicted molar refractivity (Wildman–Crippen MR) is 51.2 cm³/mol. The summed E-state index contributed by atoms with van der Waals surface area (Å²) in [6.07, 6.45) is 1.04. The van der Waals surface area contributed by atoms with Gasteiger partial charge in [-0.25, -0.2) is 4.98 Å². The minimum atomic E-state index is -3.35. The highest BCUT2D eigenvalue weighted by Gasteiger charge is 2.08. The number of thiazole rings is 1. The second kappa shape index (κ2) is 3.73. The Hall–Kier alpha value is -0.460. The highest BCUT2D eigenvalue weighted by atomic mass is 32.2.